The lowest BCUT2D eigenvalue weighted by Gasteiger charge is -2.13. The SMILES string of the molecule is COc1ccc(-c2nc(SC)[nH]c(=O)c2C#N)cc1COc1ccc(C)cc1. The minimum atomic E-state index is -0.454. The Labute approximate surface area is 167 Å². The summed E-state index contributed by atoms with van der Waals surface area (Å²) in [6.45, 7) is 2.29. The van der Waals surface area contributed by atoms with Crippen LogP contribution in [0.1, 0.15) is 16.7 Å². The molecule has 1 N–H and O–H groups in total. The summed E-state index contributed by atoms with van der Waals surface area (Å²) >= 11 is 1.31. The summed E-state index contributed by atoms with van der Waals surface area (Å²) in [5.74, 6) is 1.40. The summed E-state index contributed by atoms with van der Waals surface area (Å²) in [6.07, 6.45) is 1.81. The van der Waals surface area contributed by atoms with E-state index in [1.165, 1.54) is 11.8 Å². The van der Waals surface area contributed by atoms with Crippen molar-refractivity contribution in [2.75, 3.05) is 13.4 Å². The molecule has 0 atom stereocenters. The number of ether oxygens (including phenoxy) is 2. The summed E-state index contributed by atoms with van der Waals surface area (Å²) in [6, 6.07) is 15.1. The maximum Gasteiger partial charge on any atom is 0.270 e. The van der Waals surface area contributed by atoms with E-state index in [4.69, 9.17) is 9.47 Å². The molecule has 1 heterocycles. The van der Waals surface area contributed by atoms with E-state index in [0.29, 0.717) is 22.2 Å². The first kappa shape index (κ1) is 19.5. The van der Waals surface area contributed by atoms with Crippen molar-refractivity contribution in [1.82, 2.24) is 9.97 Å². The number of aromatic amines is 1. The van der Waals surface area contributed by atoms with Crippen molar-refractivity contribution in [3.8, 4) is 28.8 Å². The molecular formula is C21H19N3O3S. The van der Waals surface area contributed by atoms with Gasteiger partial charge in [-0.1, -0.05) is 29.5 Å². The van der Waals surface area contributed by atoms with Crippen molar-refractivity contribution < 1.29 is 9.47 Å². The molecule has 2 aromatic carbocycles. The summed E-state index contributed by atoms with van der Waals surface area (Å²) < 4.78 is 11.3. The van der Waals surface area contributed by atoms with Gasteiger partial charge in [-0.15, -0.1) is 0 Å². The molecule has 3 rings (SSSR count). The third kappa shape index (κ3) is 4.18. The van der Waals surface area contributed by atoms with Gasteiger partial charge in [0.2, 0.25) is 0 Å². The molecule has 0 unspecified atom stereocenters. The van der Waals surface area contributed by atoms with Gasteiger partial charge in [0.1, 0.15) is 29.7 Å². The second kappa shape index (κ2) is 8.63. The van der Waals surface area contributed by atoms with Gasteiger partial charge in [-0.2, -0.15) is 5.26 Å². The molecule has 0 amide bonds. The normalized spacial score (nSPS) is 10.4. The Morgan fingerprint density at radius 3 is 2.61 bits per heavy atom. The van der Waals surface area contributed by atoms with Crippen LogP contribution in [0.3, 0.4) is 0 Å². The van der Waals surface area contributed by atoms with Crippen LogP contribution in [0.4, 0.5) is 0 Å². The van der Waals surface area contributed by atoms with Crippen LogP contribution >= 0.6 is 11.8 Å². The van der Waals surface area contributed by atoms with Crippen LogP contribution in [-0.2, 0) is 6.61 Å². The predicted molar refractivity (Wildman–Crippen MR) is 109 cm³/mol. The summed E-state index contributed by atoms with van der Waals surface area (Å²) in [5, 5.41) is 9.85. The van der Waals surface area contributed by atoms with Gasteiger partial charge < -0.3 is 14.5 Å². The molecule has 0 spiro atoms. The zero-order chi connectivity index (χ0) is 20.1. The first-order chi connectivity index (χ1) is 13.5. The number of methoxy groups -OCH3 is 1. The minimum Gasteiger partial charge on any atom is -0.496 e. The summed E-state index contributed by atoms with van der Waals surface area (Å²) in [5.41, 5.74) is 2.47. The number of thioether (sulfide) groups is 1. The molecule has 6 nitrogen and oxygen atoms in total. The fraction of sp³-hybridized carbons (Fsp3) is 0.190. The number of rotatable bonds is 6. The second-order valence-corrected chi connectivity index (χ2v) is 6.83. The van der Waals surface area contributed by atoms with Crippen LogP contribution < -0.4 is 15.0 Å². The van der Waals surface area contributed by atoms with Crippen molar-refractivity contribution >= 4 is 11.8 Å². The van der Waals surface area contributed by atoms with E-state index in [0.717, 1.165) is 16.9 Å². The summed E-state index contributed by atoms with van der Waals surface area (Å²) in [7, 11) is 1.59. The van der Waals surface area contributed by atoms with Crippen molar-refractivity contribution in [3.63, 3.8) is 0 Å². The lowest BCUT2D eigenvalue weighted by Crippen LogP contribution is -2.14. The van der Waals surface area contributed by atoms with Gasteiger partial charge in [0.05, 0.1) is 12.8 Å². The molecule has 0 bridgehead atoms. The quantitative estimate of drug-likeness (QED) is 0.504. The number of aryl methyl sites for hydroxylation is 1. The Morgan fingerprint density at radius 2 is 1.96 bits per heavy atom. The molecule has 142 valence electrons. The van der Waals surface area contributed by atoms with Gasteiger partial charge in [0.15, 0.2) is 5.16 Å². The minimum absolute atomic E-state index is 0.0200. The number of H-pyrrole nitrogens is 1. The van der Waals surface area contributed by atoms with E-state index in [1.807, 2.05) is 49.6 Å². The molecular weight excluding hydrogens is 374 g/mol. The average Bonchev–Trinajstić information content (AvgIpc) is 2.72. The Balaban J connectivity index is 1.99. The van der Waals surface area contributed by atoms with Gasteiger partial charge >= 0.3 is 0 Å². The highest BCUT2D eigenvalue weighted by Crippen LogP contribution is 2.28. The molecule has 7 heteroatoms. The number of hydrogen-bond acceptors (Lipinski definition) is 6. The zero-order valence-corrected chi connectivity index (χ0v) is 16.6. The van der Waals surface area contributed by atoms with Gasteiger partial charge in [-0.3, -0.25) is 4.79 Å². The first-order valence-electron chi connectivity index (χ1n) is 8.51. The smallest absolute Gasteiger partial charge is 0.270 e. The largest absolute Gasteiger partial charge is 0.496 e. The van der Waals surface area contributed by atoms with Crippen molar-refractivity contribution in [3.05, 3.63) is 69.5 Å². The van der Waals surface area contributed by atoms with E-state index in [9.17, 15) is 10.1 Å². The standard InChI is InChI=1S/C21H19N3O3S/c1-13-4-7-16(8-5-13)27-12-15-10-14(6-9-18(15)26-2)19-17(11-22)20(25)24-21(23-19)28-3/h4-10H,12H2,1-3H3,(H,23,24,25). The lowest BCUT2D eigenvalue weighted by molar-refractivity contribution is 0.296. The van der Waals surface area contributed by atoms with Gasteiger partial charge in [0.25, 0.3) is 5.56 Å². The predicted octanol–water partition coefficient (Wildman–Crippen LogP) is 3.93. The highest BCUT2D eigenvalue weighted by Gasteiger charge is 2.15. The van der Waals surface area contributed by atoms with Crippen molar-refractivity contribution in [2.45, 2.75) is 18.7 Å². The lowest BCUT2D eigenvalue weighted by atomic mass is 10.0. The molecule has 0 aliphatic heterocycles. The number of nitrogens with zero attached hydrogens (tertiary/aromatic N) is 2. The van der Waals surface area contributed by atoms with Gasteiger partial charge in [-0.05, 0) is 43.5 Å². The number of nitrogens with one attached hydrogen (secondary N) is 1. The van der Waals surface area contributed by atoms with Crippen LogP contribution in [-0.4, -0.2) is 23.3 Å². The number of hydrogen-bond donors (Lipinski definition) is 1. The number of aromatic nitrogens is 2. The highest BCUT2D eigenvalue weighted by atomic mass is 32.2. The fourth-order valence-electron chi connectivity index (χ4n) is 2.70. The van der Waals surface area contributed by atoms with Gasteiger partial charge in [-0.25, -0.2) is 4.98 Å². The Morgan fingerprint density at radius 1 is 1.21 bits per heavy atom. The molecule has 0 saturated carbocycles. The molecule has 28 heavy (non-hydrogen) atoms. The van der Waals surface area contributed by atoms with E-state index in [-0.39, 0.29) is 12.2 Å². The van der Waals surface area contributed by atoms with E-state index in [2.05, 4.69) is 9.97 Å². The molecule has 0 radical (unpaired) electrons. The third-order valence-corrected chi connectivity index (χ3v) is 4.75. The Kier molecular flexibility index (Phi) is 6.02. The van der Waals surface area contributed by atoms with Crippen molar-refractivity contribution in [1.29, 1.82) is 5.26 Å². The molecule has 0 aliphatic rings. The Hall–Kier alpha value is -3.24. The summed E-state index contributed by atoms with van der Waals surface area (Å²) in [4.78, 5) is 19.2. The first-order valence-corrected chi connectivity index (χ1v) is 9.73. The van der Waals surface area contributed by atoms with Crippen LogP contribution in [0.25, 0.3) is 11.3 Å². The van der Waals surface area contributed by atoms with Crippen LogP contribution in [0, 0.1) is 18.3 Å². The molecule has 1 aromatic heterocycles. The van der Waals surface area contributed by atoms with Crippen LogP contribution in [0.5, 0.6) is 11.5 Å². The number of nitriles is 1. The van der Waals surface area contributed by atoms with Crippen LogP contribution in [0.15, 0.2) is 52.4 Å². The molecule has 0 aliphatic carbocycles. The Bertz CT molecular complexity index is 1090. The van der Waals surface area contributed by atoms with E-state index < -0.39 is 5.56 Å². The van der Waals surface area contributed by atoms with E-state index in [1.54, 1.807) is 19.2 Å². The zero-order valence-electron chi connectivity index (χ0n) is 15.8. The number of benzene rings is 2. The average molecular weight is 393 g/mol. The maximum atomic E-state index is 12.2. The molecule has 0 saturated heterocycles. The second-order valence-electron chi connectivity index (χ2n) is 6.04. The third-order valence-electron chi connectivity index (χ3n) is 4.17. The van der Waals surface area contributed by atoms with Gasteiger partial charge in [0, 0.05) is 11.1 Å². The van der Waals surface area contributed by atoms with Crippen molar-refractivity contribution in [2.24, 2.45) is 0 Å². The highest BCUT2D eigenvalue weighted by molar-refractivity contribution is 7.98. The fourth-order valence-corrected chi connectivity index (χ4v) is 3.07. The van der Waals surface area contributed by atoms with Crippen LogP contribution in [0.2, 0.25) is 0 Å². The topological polar surface area (TPSA) is 88.0 Å². The molecule has 3 aromatic rings. The maximum absolute atomic E-state index is 12.2. The monoisotopic (exact) mass is 393 g/mol. The van der Waals surface area contributed by atoms with E-state index >= 15 is 0 Å². The molecule has 0 fully saturated rings.